The van der Waals surface area contributed by atoms with Gasteiger partial charge in [-0.25, -0.2) is 9.78 Å². The Morgan fingerprint density at radius 3 is 2.54 bits per heavy atom. The Morgan fingerprint density at radius 2 is 1.96 bits per heavy atom. The molecule has 0 amide bonds. The summed E-state index contributed by atoms with van der Waals surface area (Å²) in [6.45, 7) is 11.9. The number of hydrogen-bond acceptors (Lipinski definition) is 4. The van der Waals surface area contributed by atoms with Gasteiger partial charge in [-0.15, -0.1) is 0 Å². The van der Waals surface area contributed by atoms with E-state index in [1.807, 2.05) is 4.57 Å². The van der Waals surface area contributed by atoms with Crippen molar-refractivity contribution in [3.05, 3.63) is 26.7 Å². The minimum Gasteiger partial charge on any atom is -0.321 e. The van der Waals surface area contributed by atoms with Crippen LogP contribution < -0.4 is 11.2 Å². The Kier molecular flexibility index (Phi) is 5.99. The highest BCUT2D eigenvalue weighted by molar-refractivity contribution is 5.70. The maximum absolute atomic E-state index is 12.4. The number of aromatic nitrogens is 4. The Morgan fingerprint density at radius 1 is 1.25 bits per heavy atom. The number of aromatic amines is 1. The zero-order chi connectivity index (χ0) is 17.9. The summed E-state index contributed by atoms with van der Waals surface area (Å²) in [6, 6.07) is 0. The first kappa shape index (κ1) is 18.4. The maximum Gasteiger partial charge on any atom is 0.329 e. The third-order valence-electron chi connectivity index (χ3n) is 4.27. The lowest BCUT2D eigenvalue weighted by atomic mass is 10.2. The molecule has 0 spiro atoms. The number of aryl methyl sites for hydroxylation is 1. The highest BCUT2D eigenvalue weighted by Gasteiger charge is 2.19. The van der Waals surface area contributed by atoms with Crippen LogP contribution in [0.5, 0.6) is 0 Å². The fourth-order valence-electron chi connectivity index (χ4n) is 2.89. The molecule has 0 radical (unpaired) electrons. The predicted octanol–water partition coefficient (Wildman–Crippen LogP) is 1.70. The first-order valence-corrected chi connectivity index (χ1v) is 8.79. The van der Waals surface area contributed by atoms with E-state index in [0.29, 0.717) is 30.2 Å². The smallest absolute Gasteiger partial charge is 0.321 e. The summed E-state index contributed by atoms with van der Waals surface area (Å²) in [5.41, 5.74) is 0.175. The second kappa shape index (κ2) is 7.79. The molecule has 1 N–H and O–H groups in total. The normalized spacial score (nSPS) is 12.0. The molecule has 7 nitrogen and oxygen atoms in total. The fourth-order valence-corrected chi connectivity index (χ4v) is 2.89. The van der Waals surface area contributed by atoms with Crippen molar-refractivity contribution in [2.45, 2.75) is 53.6 Å². The van der Waals surface area contributed by atoms with E-state index in [-0.39, 0.29) is 5.56 Å². The molecular weight excluding hydrogens is 306 g/mol. The molecule has 0 fully saturated rings. The van der Waals surface area contributed by atoms with Gasteiger partial charge in [0.2, 0.25) is 0 Å². The molecule has 134 valence electrons. The van der Waals surface area contributed by atoms with E-state index < -0.39 is 5.69 Å². The molecular formula is C17H29N5O2. The van der Waals surface area contributed by atoms with Crippen LogP contribution >= 0.6 is 0 Å². The Hall–Kier alpha value is -1.89. The summed E-state index contributed by atoms with van der Waals surface area (Å²) >= 11 is 0. The van der Waals surface area contributed by atoms with E-state index in [2.05, 4.69) is 42.6 Å². The lowest BCUT2D eigenvalue weighted by molar-refractivity contribution is 0.263. The van der Waals surface area contributed by atoms with Crippen LogP contribution in [0.25, 0.3) is 11.2 Å². The van der Waals surface area contributed by atoms with E-state index in [1.165, 1.54) is 4.57 Å². The zero-order valence-corrected chi connectivity index (χ0v) is 15.4. The van der Waals surface area contributed by atoms with Crippen molar-refractivity contribution >= 4 is 11.2 Å². The van der Waals surface area contributed by atoms with Gasteiger partial charge in [0.25, 0.3) is 5.56 Å². The summed E-state index contributed by atoms with van der Waals surface area (Å²) in [4.78, 5) is 33.6. The van der Waals surface area contributed by atoms with Crippen LogP contribution in [0.1, 0.15) is 46.4 Å². The average molecular weight is 335 g/mol. The minimum absolute atomic E-state index is 0.357. The molecule has 0 aliphatic rings. The molecule has 24 heavy (non-hydrogen) atoms. The standard InChI is InChI=1S/C17H29N5O2/c1-6-8-9-21(7-2)11-13-18-15-14(22(13)10-12(3)4)16(23)19-17(24)20(15)5/h12H,6-11H2,1-5H3,(H,19,23,24). The van der Waals surface area contributed by atoms with Crippen molar-refractivity contribution in [3.8, 4) is 0 Å². The fraction of sp³-hybridized carbons (Fsp3) is 0.706. The molecule has 7 heteroatoms. The summed E-state index contributed by atoms with van der Waals surface area (Å²) in [5.74, 6) is 1.23. The summed E-state index contributed by atoms with van der Waals surface area (Å²) in [6.07, 6.45) is 2.28. The Balaban J connectivity index is 2.55. The van der Waals surface area contributed by atoms with E-state index >= 15 is 0 Å². The van der Waals surface area contributed by atoms with Gasteiger partial charge in [-0.05, 0) is 25.4 Å². The van der Waals surface area contributed by atoms with Crippen LogP contribution in [0.4, 0.5) is 0 Å². The van der Waals surface area contributed by atoms with Gasteiger partial charge in [-0.1, -0.05) is 34.1 Å². The van der Waals surface area contributed by atoms with Crippen molar-refractivity contribution < 1.29 is 0 Å². The molecule has 0 atom stereocenters. The van der Waals surface area contributed by atoms with Gasteiger partial charge in [0.05, 0.1) is 6.54 Å². The van der Waals surface area contributed by atoms with Crippen molar-refractivity contribution in [1.29, 1.82) is 0 Å². The molecule has 0 saturated heterocycles. The topological polar surface area (TPSA) is 75.9 Å². The molecule has 0 aliphatic heterocycles. The van der Waals surface area contributed by atoms with E-state index in [4.69, 9.17) is 0 Å². The Bertz CT molecular complexity index is 800. The second-order valence-electron chi connectivity index (χ2n) is 6.75. The van der Waals surface area contributed by atoms with Crippen LogP contribution in [-0.4, -0.2) is 37.1 Å². The summed E-state index contributed by atoms with van der Waals surface area (Å²) < 4.78 is 3.40. The number of rotatable bonds is 8. The van der Waals surface area contributed by atoms with Crippen molar-refractivity contribution in [3.63, 3.8) is 0 Å². The lowest BCUT2D eigenvalue weighted by Gasteiger charge is -2.20. The number of nitrogens with zero attached hydrogens (tertiary/aromatic N) is 4. The molecule has 2 heterocycles. The lowest BCUT2D eigenvalue weighted by Crippen LogP contribution is -2.29. The molecule has 2 aromatic rings. The van der Waals surface area contributed by atoms with E-state index in [1.54, 1.807) is 7.05 Å². The molecule has 0 aliphatic carbocycles. The van der Waals surface area contributed by atoms with Gasteiger partial charge in [-0.3, -0.25) is 19.2 Å². The minimum atomic E-state index is -0.424. The number of nitrogens with one attached hydrogen (secondary N) is 1. The SMILES string of the molecule is CCCCN(CC)Cc1nc2c(c(=O)[nH]c(=O)n2C)n1CC(C)C. The van der Waals surface area contributed by atoms with Crippen LogP contribution in [0.3, 0.4) is 0 Å². The zero-order valence-electron chi connectivity index (χ0n) is 15.4. The van der Waals surface area contributed by atoms with Crippen molar-refractivity contribution in [2.24, 2.45) is 13.0 Å². The van der Waals surface area contributed by atoms with Crippen LogP contribution in [0.15, 0.2) is 9.59 Å². The van der Waals surface area contributed by atoms with Gasteiger partial charge >= 0.3 is 5.69 Å². The largest absolute Gasteiger partial charge is 0.329 e. The summed E-state index contributed by atoms with van der Waals surface area (Å²) in [5, 5.41) is 0. The average Bonchev–Trinajstić information content (AvgIpc) is 2.87. The van der Waals surface area contributed by atoms with Crippen LogP contribution in [0.2, 0.25) is 0 Å². The van der Waals surface area contributed by atoms with Gasteiger partial charge in [0.15, 0.2) is 11.2 Å². The molecule has 0 bridgehead atoms. The van der Waals surface area contributed by atoms with Gasteiger partial charge in [0.1, 0.15) is 5.82 Å². The van der Waals surface area contributed by atoms with E-state index in [9.17, 15) is 9.59 Å². The van der Waals surface area contributed by atoms with Crippen molar-refractivity contribution in [2.75, 3.05) is 13.1 Å². The number of unbranched alkanes of at least 4 members (excludes halogenated alkanes) is 1. The number of hydrogen-bond donors (Lipinski definition) is 1. The third kappa shape index (κ3) is 3.77. The molecule has 0 saturated carbocycles. The van der Waals surface area contributed by atoms with Crippen LogP contribution in [-0.2, 0) is 20.1 Å². The quantitative estimate of drug-likeness (QED) is 0.797. The summed E-state index contributed by atoms with van der Waals surface area (Å²) in [7, 11) is 1.64. The second-order valence-corrected chi connectivity index (χ2v) is 6.75. The highest BCUT2D eigenvalue weighted by atomic mass is 16.2. The molecule has 0 aromatic carbocycles. The maximum atomic E-state index is 12.4. The van der Waals surface area contributed by atoms with Gasteiger partial charge in [0, 0.05) is 13.6 Å². The van der Waals surface area contributed by atoms with E-state index in [0.717, 1.165) is 31.8 Å². The first-order chi connectivity index (χ1) is 11.4. The van der Waals surface area contributed by atoms with Crippen molar-refractivity contribution in [1.82, 2.24) is 24.0 Å². The third-order valence-corrected chi connectivity index (χ3v) is 4.27. The van der Waals surface area contributed by atoms with Gasteiger partial charge in [-0.2, -0.15) is 0 Å². The Labute approximate surface area is 142 Å². The number of H-pyrrole nitrogens is 1. The number of imidazole rings is 1. The molecule has 0 unspecified atom stereocenters. The predicted molar refractivity (Wildman–Crippen MR) is 96.3 cm³/mol. The van der Waals surface area contributed by atoms with Gasteiger partial charge < -0.3 is 4.57 Å². The van der Waals surface area contributed by atoms with Crippen LogP contribution in [0, 0.1) is 5.92 Å². The highest BCUT2D eigenvalue weighted by Crippen LogP contribution is 2.15. The monoisotopic (exact) mass is 335 g/mol. The number of fused-ring (bicyclic) bond motifs is 1. The molecule has 2 rings (SSSR count). The first-order valence-electron chi connectivity index (χ1n) is 8.79. The molecule has 2 aromatic heterocycles.